The van der Waals surface area contributed by atoms with Crippen molar-refractivity contribution in [2.24, 2.45) is 0 Å². The van der Waals surface area contributed by atoms with Gasteiger partial charge in [-0.2, -0.15) is 0 Å². The summed E-state index contributed by atoms with van der Waals surface area (Å²) < 4.78 is 0. The lowest BCUT2D eigenvalue weighted by Gasteiger charge is -2.15. The maximum absolute atomic E-state index is 11.1. The Kier molecular flexibility index (Phi) is 5.63. The predicted octanol–water partition coefficient (Wildman–Crippen LogP) is 4.47. The van der Waals surface area contributed by atoms with Crippen molar-refractivity contribution in [1.82, 2.24) is 0 Å². The third-order valence-corrected chi connectivity index (χ3v) is 3.26. The number of carboxylic acids is 1. The monoisotopic (exact) mass is 246 g/mol. The lowest BCUT2D eigenvalue weighted by molar-refractivity contribution is -0.138. The molecule has 1 unspecified atom stereocenters. The van der Waals surface area contributed by atoms with E-state index in [0.717, 1.165) is 29.5 Å². The molecule has 0 heterocycles. The van der Waals surface area contributed by atoms with Crippen LogP contribution in [0.4, 0.5) is 0 Å². The van der Waals surface area contributed by atoms with Gasteiger partial charge in [-0.15, -0.1) is 0 Å². The molecular weight excluding hydrogens is 224 g/mol. The van der Waals surface area contributed by atoms with E-state index in [9.17, 15) is 4.79 Å². The maximum Gasteiger partial charge on any atom is 0.310 e. The highest BCUT2D eigenvalue weighted by Crippen LogP contribution is 2.28. The van der Waals surface area contributed by atoms with Crippen LogP contribution in [0.25, 0.3) is 5.57 Å². The second kappa shape index (κ2) is 7.00. The minimum absolute atomic E-state index is 0.482. The average molecular weight is 246 g/mol. The molecular formula is C16H22O2. The zero-order valence-corrected chi connectivity index (χ0v) is 11.3. The summed E-state index contributed by atoms with van der Waals surface area (Å²) in [6, 6.07) is 7.69. The largest absolute Gasteiger partial charge is 0.481 e. The molecule has 1 rings (SSSR count). The Labute approximate surface area is 109 Å². The Bertz CT molecular complexity index is 421. The van der Waals surface area contributed by atoms with Gasteiger partial charge in [-0.05, 0) is 36.5 Å². The number of carbonyl (C=O) groups is 1. The Morgan fingerprint density at radius 1 is 1.33 bits per heavy atom. The average Bonchev–Trinajstić information content (AvgIpc) is 2.38. The molecule has 0 aromatic heterocycles. The van der Waals surface area contributed by atoms with Gasteiger partial charge in [0.25, 0.3) is 0 Å². The Balaban J connectivity index is 2.88. The summed E-state index contributed by atoms with van der Waals surface area (Å²) in [6.45, 7) is 8.00. The highest BCUT2D eigenvalue weighted by Gasteiger charge is 2.17. The topological polar surface area (TPSA) is 37.3 Å². The van der Waals surface area contributed by atoms with Gasteiger partial charge >= 0.3 is 5.97 Å². The fourth-order valence-corrected chi connectivity index (χ4v) is 2.05. The Morgan fingerprint density at radius 2 is 2.00 bits per heavy atom. The molecule has 98 valence electrons. The third-order valence-electron chi connectivity index (χ3n) is 3.26. The van der Waals surface area contributed by atoms with Crippen molar-refractivity contribution in [2.45, 2.75) is 45.4 Å². The summed E-state index contributed by atoms with van der Waals surface area (Å²) in [5, 5.41) is 9.13. The van der Waals surface area contributed by atoms with E-state index in [2.05, 4.69) is 13.5 Å². The van der Waals surface area contributed by atoms with Crippen LogP contribution in [-0.4, -0.2) is 11.1 Å². The van der Waals surface area contributed by atoms with E-state index >= 15 is 0 Å². The van der Waals surface area contributed by atoms with E-state index in [1.165, 1.54) is 12.8 Å². The third kappa shape index (κ3) is 3.73. The quantitative estimate of drug-likeness (QED) is 0.721. The van der Waals surface area contributed by atoms with Gasteiger partial charge in [0.2, 0.25) is 0 Å². The van der Waals surface area contributed by atoms with Crippen molar-refractivity contribution in [2.75, 3.05) is 0 Å². The lowest BCUT2D eigenvalue weighted by atomic mass is 9.90. The summed E-state index contributed by atoms with van der Waals surface area (Å²) >= 11 is 0. The SMILES string of the molecule is C=C(CCCCC)c1ccccc1C(C)C(=O)O. The zero-order valence-electron chi connectivity index (χ0n) is 11.3. The minimum atomic E-state index is -0.788. The number of rotatable bonds is 7. The highest BCUT2D eigenvalue weighted by molar-refractivity contribution is 5.79. The molecule has 2 nitrogen and oxygen atoms in total. The van der Waals surface area contributed by atoms with Crippen LogP contribution in [0, 0.1) is 0 Å². The molecule has 0 saturated heterocycles. The number of hydrogen-bond donors (Lipinski definition) is 1. The molecule has 1 aromatic rings. The molecule has 0 fully saturated rings. The molecule has 0 aliphatic rings. The van der Waals surface area contributed by atoms with E-state index in [-0.39, 0.29) is 0 Å². The number of benzene rings is 1. The summed E-state index contributed by atoms with van der Waals surface area (Å²) in [6.07, 6.45) is 4.43. The Hall–Kier alpha value is -1.57. The first-order chi connectivity index (χ1) is 8.57. The van der Waals surface area contributed by atoms with Crippen LogP contribution in [0.1, 0.15) is 56.6 Å². The number of unbranched alkanes of at least 4 members (excludes halogenated alkanes) is 2. The molecule has 1 aromatic carbocycles. The van der Waals surface area contributed by atoms with E-state index in [4.69, 9.17) is 5.11 Å². The summed E-state index contributed by atoms with van der Waals surface area (Å²) in [4.78, 5) is 11.1. The van der Waals surface area contributed by atoms with E-state index in [1.54, 1.807) is 6.92 Å². The minimum Gasteiger partial charge on any atom is -0.481 e. The number of allylic oxidation sites excluding steroid dienone is 1. The predicted molar refractivity (Wildman–Crippen MR) is 75.7 cm³/mol. The van der Waals surface area contributed by atoms with Crippen molar-refractivity contribution in [3.8, 4) is 0 Å². The van der Waals surface area contributed by atoms with Crippen LogP contribution in [0.2, 0.25) is 0 Å². The zero-order chi connectivity index (χ0) is 13.5. The normalized spacial score (nSPS) is 12.1. The van der Waals surface area contributed by atoms with Crippen LogP contribution in [-0.2, 0) is 4.79 Å². The first-order valence-corrected chi connectivity index (χ1v) is 6.57. The fourth-order valence-electron chi connectivity index (χ4n) is 2.05. The number of aliphatic carboxylic acids is 1. The smallest absolute Gasteiger partial charge is 0.310 e. The Morgan fingerprint density at radius 3 is 2.61 bits per heavy atom. The molecule has 1 atom stereocenters. The van der Waals surface area contributed by atoms with Gasteiger partial charge in [0.15, 0.2) is 0 Å². The highest BCUT2D eigenvalue weighted by atomic mass is 16.4. The van der Waals surface area contributed by atoms with Crippen LogP contribution in [0.15, 0.2) is 30.8 Å². The molecule has 0 aliphatic carbocycles. The van der Waals surface area contributed by atoms with Gasteiger partial charge in [-0.1, -0.05) is 50.6 Å². The van der Waals surface area contributed by atoms with Crippen LogP contribution < -0.4 is 0 Å². The second-order valence-electron chi connectivity index (χ2n) is 4.71. The van der Waals surface area contributed by atoms with Gasteiger partial charge in [0, 0.05) is 0 Å². The van der Waals surface area contributed by atoms with Gasteiger partial charge in [0.1, 0.15) is 0 Å². The van der Waals surface area contributed by atoms with E-state index in [0.29, 0.717) is 0 Å². The van der Waals surface area contributed by atoms with E-state index in [1.807, 2.05) is 24.3 Å². The molecule has 0 amide bonds. The molecule has 0 radical (unpaired) electrons. The molecule has 0 spiro atoms. The van der Waals surface area contributed by atoms with Crippen LogP contribution in [0.3, 0.4) is 0 Å². The van der Waals surface area contributed by atoms with Gasteiger partial charge in [0.05, 0.1) is 5.92 Å². The standard InChI is InChI=1S/C16H22O2/c1-4-5-6-9-12(2)14-10-7-8-11-15(14)13(3)16(17)18/h7-8,10-11,13H,2,4-6,9H2,1,3H3,(H,17,18). The van der Waals surface area contributed by atoms with E-state index < -0.39 is 11.9 Å². The van der Waals surface area contributed by atoms with Gasteiger partial charge in [-0.3, -0.25) is 4.79 Å². The van der Waals surface area contributed by atoms with Crippen LogP contribution >= 0.6 is 0 Å². The lowest BCUT2D eigenvalue weighted by Crippen LogP contribution is -2.09. The van der Waals surface area contributed by atoms with Gasteiger partial charge < -0.3 is 5.11 Å². The van der Waals surface area contributed by atoms with Crippen molar-refractivity contribution >= 4 is 11.5 Å². The fraction of sp³-hybridized carbons (Fsp3) is 0.438. The summed E-state index contributed by atoms with van der Waals surface area (Å²) in [5.74, 6) is -1.27. The first kappa shape index (κ1) is 14.5. The van der Waals surface area contributed by atoms with Gasteiger partial charge in [-0.25, -0.2) is 0 Å². The molecule has 2 heteroatoms. The first-order valence-electron chi connectivity index (χ1n) is 6.57. The summed E-state index contributed by atoms with van der Waals surface area (Å²) in [5.41, 5.74) is 2.92. The van der Waals surface area contributed by atoms with Crippen molar-refractivity contribution in [3.05, 3.63) is 42.0 Å². The number of carboxylic acid groups (broad SMARTS) is 1. The van der Waals surface area contributed by atoms with Crippen LogP contribution in [0.5, 0.6) is 0 Å². The van der Waals surface area contributed by atoms with Crippen molar-refractivity contribution in [3.63, 3.8) is 0 Å². The second-order valence-corrected chi connectivity index (χ2v) is 4.71. The molecule has 0 aliphatic heterocycles. The maximum atomic E-state index is 11.1. The molecule has 0 bridgehead atoms. The molecule has 18 heavy (non-hydrogen) atoms. The van der Waals surface area contributed by atoms with Crippen molar-refractivity contribution in [1.29, 1.82) is 0 Å². The number of hydrogen-bond acceptors (Lipinski definition) is 1. The molecule has 0 saturated carbocycles. The van der Waals surface area contributed by atoms with Crippen molar-refractivity contribution < 1.29 is 9.90 Å². The summed E-state index contributed by atoms with van der Waals surface area (Å²) in [7, 11) is 0. The molecule has 1 N–H and O–H groups in total.